The van der Waals surface area contributed by atoms with Crippen LogP contribution in [0.2, 0.25) is 0 Å². The highest BCUT2D eigenvalue weighted by atomic mass is 19.1. The molecule has 1 amide bonds. The van der Waals surface area contributed by atoms with Crippen molar-refractivity contribution in [3.8, 4) is 12.3 Å². The molecule has 28 heavy (non-hydrogen) atoms. The summed E-state index contributed by atoms with van der Waals surface area (Å²) in [5.41, 5.74) is 3.14. The van der Waals surface area contributed by atoms with E-state index in [1.165, 1.54) is 6.07 Å². The molecular weight excluding hydrogens is 353 g/mol. The Bertz CT molecular complexity index is 917. The molecule has 1 aliphatic heterocycles. The Labute approximate surface area is 166 Å². The first-order valence-corrected chi connectivity index (χ1v) is 9.43. The number of halogens is 1. The highest BCUT2D eigenvalue weighted by Gasteiger charge is 2.24. The van der Waals surface area contributed by atoms with E-state index in [4.69, 9.17) is 6.42 Å². The van der Waals surface area contributed by atoms with Crippen LogP contribution in [-0.4, -0.2) is 48.9 Å². The standard InChI is InChI=1S/C23H26FN3O/c1-5-17-12-18(7-6-16(17)2)23(28)25-20-9-8-19(22(24)13-20)14-27-11-10-21(15-27)26(3)4/h1,6-9,12-13,21H,10-11,14-15H2,2-4H3,(H,25,28). The highest BCUT2D eigenvalue weighted by molar-refractivity contribution is 6.04. The molecule has 1 N–H and O–H groups in total. The molecule has 5 heteroatoms. The number of likely N-dealkylation sites (tertiary alicyclic amines) is 1. The summed E-state index contributed by atoms with van der Waals surface area (Å²) in [6.07, 6.45) is 6.56. The molecule has 0 bridgehead atoms. The summed E-state index contributed by atoms with van der Waals surface area (Å²) in [7, 11) is 4.15. The highest BCUT2D eigenvalue weighted by Crippen LogP contribution is 2.21. The Morgan fingerprint density at radius 1 is 1.32 bits per heavy atom. The van der Waals surface area contributed by atoms with Crippen LogP contribution in [0.4, 0.5) is 10.1 Å². The Balaban J connectivity index is 1.66. The van der Waals surface area contributed by atoms with E-state index < -0.39 is 0 Å². The Kier molecular flexibility index (Phi) is 6.13. The number of benzene rings is 2. The van der Waals surface area contributed by atoms with Crippen LogP contribution in [0.5, 0.6) is 0 Å². The van der Waals surface area contributed by atoms with Crippen molar-refractivity contribution in [2.45, 2.75) is 25.9 Å². The summed E-state index contributed by atoms with van der Waals surface area (Å²) in [6.45, 7) is 4.38. The minimum Gasteiger partial charge on any atom is -0.322 e. The lowest BCUT2D eigenvalue weighted by Crippen LogP contribution is -2.31. The summed E-state index contributed by atoms with van der Waals surface area (Å²) in [5.74, 6) is 1.95. The zero-order valence-electron chi connectivity index (χ0n) is 16.6. The maximum absolute atomic E-state index is 14.6. The van der Waals surface area contributed by atoms with Gasteiger partial charge in [0.1, 0.15) is 5.82 Å². The number of nitrogens with zero attached hydrogens (tertiary/aromatic N) is 2. The zero-order valence-corrected chi connectivity index (χ0v) is 16.6. The number of carbonyl (C=O) groups excluding carboxylic acids is 1. The SMILES string of the molecule is C#Cc1cc(C(=O)Nc2ccc(CN3CCC(N(C)C)C3)c(F)c2)ccc1C. The van der Waals surface area contributed by atoms with Crippen LogP contribution in [0, 0.1) is 25.1 Å². The van der Waals surface area contributed by atoms with Gasteiger partial charge in [0, 0.05) is 48.1 Å². The maximum atomic E-state index is 14.6. The first kappa shape index (κ1) is 20.1. The summed E-state index contributed by atoms with van der Waals surface area (Å²) in [4.78, 5) is 16.9. The Morgan fingerprint density at radius 3 is 2.75 bits per heavy atom. The van der Waals surface area contributed by atoms with Gasteiger partial charge in [-0.1, -0.05) is 18.1 Å². The number of aryl methyl sites for hydroxylation is 1. The Hall–Kier alpha value is -2.68. The van der Waals surface area contributed by atoms with E-state index in [0.29, 0.717) is 35.0 Å². The van der Waals surface area contributed by atoms with Gasteiger partial charge in [0.25, 0.3) is 5.91 Å². The van der Waals surface area contributed by atoms with Gasteiger partial charge in [-0.3, -0.25) is 9.69 Å². The third-order valence-corrected chi connectivity index (χ3v) is 5.34. The minimum atomic E-state index is -0.308. The van der Waals surface area contributed by atoms with Crippen LogP contribution < -0.4 is 5.32 Å². The van der Waals surface area contributed by atoms with Gasteiger partial charge < -0.3 is 10.2 Å². The molecule has 1 atom stereocenters. The molecule has 3 rings (SSSR count). The number of hydrogen-bond acceptors (Lipinski definition) is 3. The molecule has 146 valence electrons. The van der Waals surface area contributed by atoms with Crippen molar-refractivity contribution in [1.29, 1.82) is 0 Å². The second kappa shape index (κ2) is 8.55. The number of carbonyl (C=O) groups is 1. The van der Waals surface area contributed by atoms with E-state index in [0.717, 1.165) is 25.1 Å². The molecule has 2 aromatic carbocycles. The zero-order chi connectivity index (χ0) is 20.3. The molecule has 1 fully saturated rings. The van der Waals surface area contributed by atoms with Crippen LogP contribution in [0.1, 0.15) is 33.5 Å². The van der Waals surface area contributed by atoms with Crippen LogP contribution in [0.3, 0.4) is 0 Å². The first-order valence-electron chi connectivity index (χ1n) is 9.43. The fourth-order valence-electron chi connectivity index (χ4n) is 3.49. The predicted molar refractivity (Wildman–Crippen MR) is 111 cm³/mol. The lowest BCUT2D eigenvalue weighted by molar-refractivity contribution is 0.102. The molecule has 4 nitrogen and oxygen atoms in total. The van der Waals surface area contributed by atoms with Gasteiger partial charge in [0.15, 0.2) is 0 Å². The van der Waals surface area contributed by atoms with Gasteiger partial charge >= 0.3 is 0 Å². The van der Waals surface area contributed by atoms with Crippen molar-refractivity contribution in [2.75, 3.05) is 32.5 Å². The van der Waals surface area contributed by atoms with E-state index in [9.17, 15) is 9.18 Å². The van der Waals surface area contributed by atoms with Gasteiger partial charge in [-0.2, -0.15) is 0 Å². The monoisotopic (exact) mass is 379 g/mol. The normalized spacial score (nSPS) is 16.9. The van der Waals surface area contributed by atoms with Gasteiger partial charge in [0.2, 0.25) is 0 Å². The molecule has 1 unspecified atom stereocenters. The molecule has 0 saturated carbocycles. The molecule has 2 aromatic rings. The van der Waals surface area contributed by atoms with E-state index in [2.05, 4.69) is 35.1 Å². The second-order valence-corrected chi connectivity index (χ2v) is 7.58. The van der Waals surface area contributed by atoms with Gasteiger partial charge in [-0.25, -0.2) is 4.39 Å². The van der Waals surface area contributed by atoms with Crippen LogP contribution in [0.15, 0.2) is 36.4 Å². The van der Waals surface area contributed by atoms with Crippen molar-refractivity contribution >= 4 is 11.6 Å². The maximum Gasteiger partial charge on any atom is 0.255 e. The second-order valence-electron chi connectivity index (χ2n) is 7.58. The molecule has 0 aliphatic carbocycles. The summed E-state index contributed by atoms with van der Waals surface area (Å²) >= 11 is 0. The number of terminal acetylenes is 1. The number of likely N-dealkylation sites (N-methyl/N-ethyl adjacent to an activating group) is 1. The van der Waals surface area contributed by atoms with Crippen LogP contribution in [-0.2, 0) is 6.54 Å². The van der Waals surface area contributed by atoms with Crippen molar-refractivity contribution < 1.29 is 9.18 Å². The lowest BCUT2D eigenvalue weighted by atomic mass is 10.0. The van der Waals surface area contributed by atoms with Crippen molar-refractivity contribution in [3.63, 3.8) is 0 Å². The number of hydrogen-bond donors (Lipinski definition) is 1. The van der Waals surface area contributed by atoms with Gasteiger partial charge in [-0.05, 0) is 57.3 Å². The van der Waals surface area contributed by atoms with Gasteiger partial charge in [-0.15, -0.1) is 6.42 Å². The molecule has 0 radical (unpaired) electrons. The van der Waals surface area contributed by atoms with E-state index in [1.54, 1.807) is 24.3 Å². The van der Waals surface area contributed by atoms with Crippen LogP contribution in [0.25, 0.3) is 0 Å². The van der Waals surface area contributed by atoms with E-state index >= 15 is 0 Å². The number of nitrogens with one attached hydrogen (secondary N) is 1. The van der Waals surface area contributed by atoms with E-state index in [1.807, 2.05) is 13.0 Å². The summed E-state index contributed by atoms with van der Waals surface area (Å²) in [6, 6.07) is 10.6. The third kappa shape index (κ3) is 4.59. The van der Waals surface area contributed by atoms with Gasteiger partial charge in [0.05, 0.1) is 0 Å². The minimum absolute atomic E-state index is 0.306. The van der Waals surface area contributed by atoms with Crippen molar-refractivity contribution in [1.82, 2.24) is 9.80 Å². The fourth-order valence-corrected chi connectivity index (χ4v) is 3.49. The molecule has 1 aliphatic rings. The summed E-state index contributed by atoms with van der Waals surface area (Å²) in [5, 5.41) is 2.74. The molecular formula is C23H26FN3O. The smallest absolute Gasteiger partial charge is 0.255 e. The third-order valence-electron chi connectivity index (χ3n) is 5.34. The van der Waals surface area contributed by atoms with Crippen molar-refractivity contribution in [3.05, 3.63) is 64.5 Å². The molecule has 1 saturated heterocycles. The van der Waals surface area contributed by atoms with Crippen LogP contribution >= 0.6 is 0 Å². The first-order chi connectivity index (χ1) is 13.4. The average Bonchev–Trinajstić information content (AvgIpc) is 3.13. The molecule has 0 aromatic heterocycles. The van der Waals surface area contributed by atoms with Crippen molar-refractivity contribution in [2.24, 2.45) is 0 Å². The largest absolute Gasteiger partial charge is 0.322 e. The predicted octanol–water partition coefficient (Wildman–Crippen LogP) is 3.50. The number of amides is 1. The quantitative estimate of drug-likeness (QED) is 0.808. The molecule has 1 heterocycles. The molecule has 0 spiro atoms. The topological polar surface area (TPSA) is 35.6 Å². The lowest BCUT2D eigenvalue weighted by Gasteiger charge is -2.20. The average molecular weight is 379 g/mol. The van der Waals surface area contributed by atoms with E-state index in [-0.39, 0.29) is 11.7 Å². The Morgan fingerprint density at radius 2 is 2.11 bits per heavy atom. The number of anilines is 1. The summed E-state index contributed by atoms with van der Waals surface area (Å²) < 4.78 is 14.6. The fraction of sp³-hybridized carbons (Fsp3) is 0.348. The number of rotatable bonds is 5.